The van der Waals surface area contributed by atoms with Crippen LogP contribution in [0.3, 0.4) is 0 Å². The molecule has 1 aliphatic heterocycles. The highest BCUT2D eigenvalue weighted by Crippen LogP contribution is 2.22. The Hall–Kier alpha value is -2.10. The molecule has 1 fully saturated rings. The maximum atomic E-state index is 12.6. The smallest absolute Gasteiger partial charge is 0.243 e. The molecule has 4 unspecified atom stereocenters. The Balaban J connectivity index is 2.68. The van der Waals surface area contributed by atoms with Gasteiger partial charge in [-0.2, -0.15) is 5.26 Å². The zero-order valence-corrected chi connectivity index (χ0v) is 16.3. The lowest BCUT2D eigenvalue weighted by Gasteiger charge is -2.23. The van der Waals surface area contributed by atoms with E-state index in [2.05, 4.69) is 22.0 Å². The van der Waals surface area contributed by atoms with E-state index in [4.69, 9.17) is 0 Å². The topological polar surface area (TPSA) is 111 Å². The molecule has 0 aromatic heterocycles. The molecule has 3 N–H and O–H groups in total. The van der Waals surface area contributed by atoms with Crippen LogP contribution >= 0.6 is 0 Å². The molecular formula is C19H32N4O3. The predicted molar refractivity (Wildman–Crippen MR) is 98.7 cm³/mol. The van der Waals surface area contributed by atoms with E-state index in [9.17, 15) is 19.6 Å². The summed E-state index contributed by atoms with van der Waals surface area (Å²) in [5.74, 6) is -0.499. The van der Waals surface area contributed by atoms with Crippen molar-refractivity contribution >= 4 is 17.7 Å². The van der Waals surface area contributed by atoms with Gasteiger partial charge in [0.15, 0.2) is 0 Å². The van der Waals surface area contributed by atoms with Crippen LogP contribution in [0.2, 0.25) is 0 Å². The monoisotopic (exact) mass is 364 g/mol. The van der Waals surface area contributed by atoms with Gasteiger partial charge in [0.05, 0.1) is 6.07 Å². The average molecular weight is 364 g/mol. The molecule has 7 nitrogen and oxygen atoms in total. The van der Waals surface area contributed by atoms with Crippen LogP contribution in [-0.4, -0.2) is 36.3 Å². The summed E-state index contributed by atoms with van der Waals surface area (Å²) in [6.07, 6.45) is 2.86. The van der Waals surface area contributed by atoms with Gasteiger partial charge in [0.25, 0.3) is 0 Å². The summed E-state index contributed by atoms with van der Waals surface area (Å²) in [6.45, 7) is 8.51. The zero-order valence-electron chi connectivity index (χ0n) is 16.3. The fourth-order valence-corrected chi connectivity index (χ4v) is 3.11. The van der Waals surface area contributed by atoms with Gasteiger partial charge in [-0.3, -0.25) is 14.4 Å². The molecule has 0 spiro atoms. The second-order valence-electron chi connectivity index (χ2n) is 7.61. The molecule has 7 heteroatoms. The van der Waals surface area contributed by atoms with Crippen LogP contribution in [0.1, 0.15) is 59.8 Å². The Labute approximate surface area is 156 Å². The summed E-state index contributed by atoms with van der Waals surface area (Å²) in [5, 5.41) is 17.7. The lowest BCUT2D eigenvalue weighted by molar-refractivity contribution is -0.130. The number of nitriles is 1. The van der Waals surface area contributed by atoms with Crippen LogP contribution in [0.25, 0.3) is 0 Å². The highest BCUT2D eigenvalue weighted by Gasteiger charge is 2.34. The minimum Gasteiger partial charge on any atom is -0.356 e. The third kappa shape index (κ3) is 7.03. The van der Waals surface area contributed by atoms with E-state index in [-0.39, 0.29) is 41.9 Å². The Morgan fingerprint density at radius 2 is 2.04 bits per heavy atom. The molecule has 1 rings (SSSR count). The van der Waals surface area contributed by atoms with Crippen molar-refractivity contribution in [1.82, 2.24) is 16.0 Å². The molecule has 4 atom stereocenters. The third-order valence-corrected chi connectivity index (χ3v) is 4.70. The highest BCUT2D eigenvalue weighted by atomic mass is 16.2. The number of carbonyl (C=O) groups is 3. The van der Waals surface area contributed by atoms with Crippen LogP contribution in [0, 0.1) is 29.1 Å². The molecule has 1 heterocycles. The van der Waals surface area contributed by atoms with Crippen molar-refractivity contribution in [3.63, 3.8) is 0 Å². The van der Waals surface area contributed by atoms with E-state index in [0.717, 1.165) is 12.8 Å². The molecule has 0 radical (unpaired) electrons. The van der Waals surface area contributed by atoms with Gasteiger partial charge in [-0.15, -0.1) is 0 Å². The van der Waals surface area contributed by atoms with Crippen LogP contribution < -0.4 is 16.0 Å². The van der Waals surface area contributed by atoms with E-state index in [0.29, 0.717) is 19.4 Å². The van der Waals surface area contributed by atoms with E-state index in [1.54, 1.807) is 0 Å². The van der Waals surface area contributed by atoms with Gasteiger partial charge < -0.3 is 16.0 Å². The zero-order chi connectivity index (χ0) is 19.7. The molecule has 146 valence electrons. The third-order valence-electron chi connectivity index (χ3n) is 4.70. The van der Waals surface area contributed by atoms with Crippen LogP contribution in [-0.2, 0) is 14.4 Å². The number of hydrogen-bond acceptors (Lipinski definition) is 4. The number of unbranched alkanes of at least 4 members (excludes halogenated alkanes) is 1. The Bertz CT molecular complexity index is 541. The fourth-order valence-electron chi connectivity index (χ4n) is 3.11. The van der Waals surface area contributed by atoms with Gasteiger partial charge in [0.1, 0.15) is 12.1 Å². The predicted octanol–water partition coefficient (Wildman–Crippen LogP) is 1.49. The first kappa shape index (κ1) is 21.9. The first-order chi connectivity index (χ1) is 12.3. The van der Waals surface area contributed by atoms with Crippen LogP contribution in [0.15, 0.2) is 0 Å². The summed E-state index contributed by atoms with van der Waals surface area (Å²) >= 11 is 0. The largest absolute Gasteiger partial charge is 0.356 e. The van der Waals surface area contributed by atoms with Gasteiger partial charge in [-0.25, -0.2) is 0 Å². The lowest BCUT2D eigenvalue weighted by atomic mass is 9.90. The molecule has 0 bridgehead atoms. The van der Waals surface area contributed by atoms with Crippen LogP contribution in [0.5, 0.6) is 0 Å². The van der Waals surface area contributed by atoms with Gasteiger partial charge in [-0.1, -0.05) is 34.1 Å². The van der Waals surface area contributed by atoms with Crippen molar-refractivity contribution in [2.24, 2.45) is 17.8 Å². The number of amides is 3. The average Bonchev–Trinajstić information content (AvgIpc) is 2.89. The lowest BCUT2D eigenvalue weighted by Crippen LogP contribution is -2.50. The molecule has 0 aliphatic carbocycles. The Kier molecular flexibility index (Phi) is 9.11. The number of hydrogen-bond donors (Lipinski definition) is 3. The Morgan fingerprint density at radius 3 is 2.54 bits per heavy atom. The number of carbonyl (C=O) groups excluding carboxylic acids is 3. The normalized spacial score (nSPS) is 21.6. The number of nitrogens with zero attached hydrogens (tertiary/aromatic N) is 1. The SMILES string of the molecule is CCCCC(=O)NC(CC(C)C)C(=O)NC(C#N)CC1C(=O)NCC1C. The molecule has 1 aliphatic rings. The summed E-state index contributed by atoms with van der Waals surface area (Å²) in [4.78, 5) is 36.5. The van der Waals surface area contributed by atoms with Crippen molar-refractivity contribution in [2.45, 2.75) is 71.9 Å². The number of nitrogens with one attached hydrogen (secondary N) is 3. The van der Waals surface area contributed by atoms with Crippen molar-refractivity contribution in [1.29, 1.82) is 5.26 Å². The van der Waals surface area contributed by atoms with Gasteiger partial charge in [0.2, 0.25) is 17.7 Å². The highest BCUT2D eigenvalue weighted by molar-refractivity contribution is 5.88. The summed E-state index contributed by atoms with van der Waals surface area (Å²) in [7, 11) is 0. The van der Waals surface area contributed by atoms with E-state index in [1.165, 1.54) is 0 Å². The van der Waals surface area contributed by atoms with E-state index < -0.39 is 12.1 Å². The van der Waals surface area contributed by atoms with Crippen molar-refractivity contribution in [2.75, 3.05) is 6.54 Å². The molecule has 3 amide bonds. The molecule has 0 saturated carbocycles. The molecule has 1 saturated heterocycles. The summed E-state index contributed by atoms with van der Waals surface area (Å²) in [6, 6.07) is 0.661. The van der Waals surface area contributed by atoms with E-state index in [1.807, 2.05) is 27.7 Å². The second kappa shape index (κ2) is 10.8. The molecular weight excluding hydrogens is 332 g/mol. The molecule has 26 heavy (non-hydrogen) atoms. The van der Waals surface area contributed by atoms with Gasteiger partial charge in [-0.05, 0) is 31.1 Å². The standard InChI is InChI=1S/C19H32N4O3/c1-5-6-7-17(24)23-16(8-12(2)3)19(26)22-14(10-20)9-15-13(4)11-21-18(15)25/h12-16H,5-9,11H2,1-4H3,(H,21,25)(H,22,26)(H,23,24). The van der Waals surface area contributed by atoms with E-state index >= 15 is 0 Å². The quantitative estimate of drug-likeness (QED) is 0.545. The second-order valence-corrected chi connectivity index (χ2v) is 7.61. The minimum atomic E-state index is -0.749. The summed E-state index contributed by atoms with van der Waals surface area (Å²) < 4.78 is 0. The fraction of sp³-hybridized carbons (Fsp3) is 0.789. The van der Waals surface area contributed by atoms with Gasteiger partial charge >= 0.3 is 0 Å². The first-order valence-electron chi connectivity index (χ1n) is 9.55. The molecule has 0 aromatic carbocycles. The van der Waals surface area contributed by atoms with Crippen molar-refractivity contribution in [3.05, 3.63) is 0 Å². The maximum absolute atomic E-state index is 12.6. The number of rotatable bonds is 10. The minimum absolute atomic E-state index is 0.0707. The van der Waals surface area contributed by atoms with Crippen molar-refractivity contribution in [3.8, 4) is 6.07 Å². The van der Waals surface area contributed by atoms with Gasteiger partial charge in [0, 0.05) is 18.9 Å². The Morgan fingerprint density at radius 1 is 1.35 bits per heavy atom. The summed E-state index contributed by atoms with van der Waals surface area (Å²) in [5.41, 5.74) is 0. The van der Waals surface area contributed by atoms with Crippen molar-refractivity contribution < 1.29 is 14.4 Å². The first-order valence-corrected chi connectivity index (χ1v) is 9.55. The maximum Gasteiger partial charge on any atom is 0.243 e. The molecule has 0 aromatic rings. The van der Waals surface area contributed by atoms with Crippen LogP contribution in [0.4, 0.5) is 0 Å².